The van der Waals surface area contributed by atoms with Gasteiger partial charge in [0.15, 0.2) is 0 Å². The molecule has 0 spiro atoms. The second-order valence-electron chi connectivity index (χ2n) is 5.87. The molecule has 0 N–H and O–H groups in total. The third kappa shape index (κ3) is 1.70. The molecule has 5 aromatic rings. The molecule has 6 nitrogen and oxygen atoms in total. The van der Waals surface area contributed by atoms with E-state index in [0.717, 1.165) is 44.7 Å². The van der Waals surface area contributed by atoms with Crippen LogP contribution in [-0.2, 0) is 14.1 Å². The van der Waals surface area contributed by atoms with Crippen LogP contribution >= 0.6 is 0 Å². The summed E-state index contributed by atoms with van der Waals surface area (Å²) in [5.74, 6) is 1.74. The number of fused-ring (bicyclic) bond motifs is 2. The van der Waals surface area contributed by atoms with Crippen LogP contribution in [-0.4, -0.2) is 19.1 Å². The minimum absolute atomic E-state index is 0.779. The molecule has 118 valence electrons. The fraction of sp³-hybridized carbons (Fsp3) is 0.111. The predicted octanol–water partition coefficient (Wildman–Crippen LogP) is 3.98. The van der Waals surface area contributed by atoms with Crippen molar-refractivity contribution in [1.29, 1.82) is 0 Å². The lowest BCUT2D eigenvalue weighted by Crippen LogP contribution is -1.91. The van der Waals surface area contributed by atoms with Crippen molar-refractivity contribution in [2.45, 2.75) is 0 Å². The molecule has 0 aliphatic rings. The Labute approximate surface area is 137 Å². The quantitative estimate of drug-likeness (QED) is 0.494. The zero-order valence-corrected chi connectivity index (χ0v) is 13.2. The van der Waals surface area contributed by atoms with E-state index < -0.39 is 0 Å². The summed E-state index contributed by atoms with van der Waals surface area (Å²) in [7, 11) is 3.94. The zero-order valence-electron chi connectivity index (χ0n) is 13.2. The van der Waals surface area contributed by atoms with E-state index in [0.29, 0.717) is 0 Å². The third-order valence-electron chi connectivity index (χ3n) is 4.39. The summed E-state index contributed by atoms with van der Waals surface area (Å²) in [4.78, 5) is 8.85. The Morgan fingerprint density at radius 3 is 1.67 bits per heavy atom. The summed E-state index contributed by atoms with van der Waals surface area (Å²) in [6.07, 6.45) is 10.9. The van der Waals surface area contributed by atoms with Crippen molar-refractivity contribution in [3.05, 3.63) is 49.4 Å². The highest BCUT2D eigenvalue weighted by molar-refractivity contribution is 6.05. The average Bonchev–Trinajstić information content (AvgIpc) is 3.32. The number of hydrogen-bond acceptors (Lipinski definition) is 4. The van der Waals surface area contributed by atoms with E-state index in [4.69, 9.17) is 8.83 Å². The summed E-state index contributed by atoms with van der Waals surface area (Å²) < 4.78 is 15.4. The molecule has 0 aliphatic carbocycles. The molecule has 6 heteroatoms. The molecular formula is C18H14N4O2. The lowest BCUT2D eigenvalue weighted by molar-refractivity contribution is 0.604. The van der Waals surface area contributed by atoms with E-state index in [2.05, 4.69) is 16.0 Å². The van der Waals surface area contributed by atoms with Gasteiger partial charge in [0.1, 0.15) is 35.3 Å². The molecule has 4 aromatic heterocycles. The van der Waals surface area contributed by atoms with Gasteiger partial charge in [-0.15, -0.1) is 0 Å². The fourth-order valence-electron chi connectivity index (χ4n) is 3.15. The number of imidazole rings is 2. The van der Waals surface area contributed by atoms with E-state index in [1.807, 2.05) is 41.7 Å². The van der Waals surface area contributed by atoms with Crippen molar-refractivity contribution in [2.24, 2.45) is 14.1 Å². The molecule has 0 saturated carbocycles. The Morgan fingerprint density at radius 1 is 0.750 bits per heavy atom. The molecule has 0 radical (unpaired) electrons. The number of aromatic nitrogens is 4. The zero-order chi connectivity index (χ0) is 16.3. The lowest BCUT2D eigenvalue weighted by atomic mass is 10.1. The van der Waals surface area contributed by atoms with Crippen molar-refractivity contribution >= 4 is 21.9 Å². The molecule has 5 rings (SSSR count). The maximum Gasteiger partial charge on any atom is 0.143 e. The second-order valence-corrected chi connectivity index (χ2v) is 5.87. The fourth-order valence-corrected chi connectivity index (χ4v) is 3.15. The van der Waals surface area contributed by atoms with Crippen molar-refractivity contribution in [3.63, 3.8) is 0 Å². The van der Waals surface area contributed by atoms with Gasteiger partial charge in [0.05, 0.1) is 11.1 Å². The van der Waals surface area contributed by atoms with Gasteiger partial charge in [0.2, 0.25) is 0 Å². The summed E-state index contributed by atoms with van der Waals surface area (Å²) in [5.41, 5.74) is 3.49. The first kappa shape index (κ1) is 13.2. The molecule has 0 fully saturated rings. The Hall–Kier alpha value is -3.28. The molecule has 0 saturated heterocycles. The SMILES string of the molecule is Cn1ccnc1-c1coc2cc3occ(-c4nccn4C)c3cc12. The summed E-state index contributed by atoms with van der Waals surface area (Å²) >= 11 is 0. The van der Waals surface area contributed by atoms with Gasteiger partial charge in [0.25, 0.3) is 0 Å². The topological polar surface area (TPSA) is 61.9 Å². The number of benzene rings is 1. The summed E-state index contributed by atoms with van der Waals surface area (Å²) in [6, 6.07) is 4.01. The summed E-state index contributed by atoms with van der Waals surface area (Å²) in [5, 5.41) is 2.02. The molecule has 0 bridgehead atoms. The van der Waals surface area contributed by atoms with E-state index in [-0.39, 0.29) is 0 Å². The second kappa shape index (κ2) is 4.61. The van der Waals surface area contributed by atoms with Gasteiger partial charge in [-0.1, -0.05) is 0 Å². The van der Waals surface area contributed by atoms with Gasteiger partial charge in [-0.3, -0.25) is 0 Å². The summed E-state index contributed by atoms with van der Waals surface area (Å²) in [6.45, 7) is 0. The monoisotopic (exact) mass is 318 g/mol. The highest BCUT2D eigenvalue weighted by Crippen LogP contribution is 2.37. The molecule has 0 unspecified atom stereocenters. The normalized spacial score (nSPS) is 11.8. The molecule has 4 heterocycles. The Balaban J connectivity index is 1.82. The molecule has 1 aromatic carbocycles. The van der Waals surface area contributed by atoms with Crippen LogP contribution in [0.4, 0.5) is 0 Å². The molecule has 0 atom stereocenters. The van der Waals surface area contributed by atoms with Gasteiger partial charge in [-0.25, -0.2) is 9.97 Å². The van der Waals surface area contributed by atoms with E-state index in [1.54, 1.807) is 24.9 Å². The maximum absolute atomic E-state index is 5.73. The van der Waals surface area contributed by atoms with Crippen molar-refractivity contribution in [2.75, 3.05) is 0 Å². The average molecular weight is 318 g/mol. The molecule has 0 aliphatic heterocycles. The number of nitrogens with zero attached hydrogens (tertiary/aromatic N) is 4. The van der Waals surface area contributed by atoms with Crippen LogP contribution in [0.1, 0.15) is 0 Å². The molecular weight excluding hydrogens is 304 g/mol. The van der Waals surface area contributed by atoms with Gasteiger partial charge in [-0.2, -0.15) is 0 Å². The van der Waals surface area contributed by atoms with Crippen LogP contribution < -0.4 is 0 Å². The minimum Gasteiger partial charge on any atom is -0.463 e. The van der Waals surface area contributed by atoms with Crippen molar-refractivity contribution < 1.29 is 8.83 Å². The molecule has 0 amide bonds. The number of furan rings is 2. The first-order valence-electron chi connectivity index (χ1n) is 7.60. The van der Waals surface area contributed by atoms with Gasteiger partial charge >= 0.3 is 0 Å². The predicted molar refractivity (Wildman–Crippen MR) is 90.4 cm³/mol. The van der Waals surface area contributed by atoms with E-state index in [1.165, 1.54) is 0 Å². The van der Waals surface area contributed by atoms with Crippen molar-refractivity contribution in [3.8, 4) is 22.8 Å². The Bertz CT molecular complexity index is 1100. The smallest absolute Gasteiger partial charge is 0.143 e. The van der Waals surface area contributed by atoms with Crippen LogP contribution in [0.3, 0.4) is 0 Å². The van der Waals surface area contributed by atoms with Crippen LogP contribution in [0.15, 0.2) is 58.3 Å². The highest BCUT2D eigenvalue weighted by Gasteiger charge is 2.17. The molecule has 24 heavy (non-hydrogen) atoms. The van der Waals surface area contributed by atoms with Gasteiger partial charge in [-0.05, 0) is 6.07 Å². The number of hydrogen-bond donors (Lipinski definition) is 0. The first-order chi connectivity index (χ1) is 11.7. The number of rotatable bonds is 2. The third-order valence-corrected chi connectivity index (χ3v) is 4.39. The van der Waals surface area contributed by atoms with Gasteiger partial charge < -0.3 is 18.0 Å². The van der Waals surface area contributed by atoms with Crippen LogP contribution in [0, 0.1) is 0 Å². The minimum atomic E-state index is 0.779. The highest BCUT2D eigenvalue weighted by atomic mass is 16.3. The number of aryl methyl sites for hydroxylation is 2. The van der Waals surface area contributed by atoms with E-state index >= 15 is 0 Å². The standard InChI is InChI=1S/C18H14N4O2/c1-21-5-3-19-17(21)13-9-23-15-8-16-12(7-11(13)15)14(10-24-16)18-20-4-6-22(18)2/h3-10H,1-2H3. The van der Waals surface area contributed by atoms with Gasteiger partial charge in [0, 0.05) is 55.7 Å². The Kier molecular flexibility index (Phi) is 2.53. The maximum atomic E-state index is 5.73. The largest absolute Gasteiger partial charge is 0.463 e. The van der Waals surface area contributed by atoms with E-state index in [9.17, 15) is 0 Å². The van der Waals surface area contributed by atoms with Crippen molar-refractivity contribution in [1.82, 2.24) is 19.1 Å². The van der Waals surface area contributed by atoms with Crippen LogP contribution in [0.2, 0.25) is 0 Å². The van der Waals surface area contributed by atoms with Crippen LogP contribution in [0.5, 0.6) is 0 Å². The first-order valence-corrected chi connectivity index (χ1v) is 7.60. The lowest BCUT2D eigenvalue weighted by Gasteiger charge is -2.01. The van der Waals surface area contributed by atoms with Crippen LogP contribution in [0.25, 0.3) is 44.7 Å². The Morgan fingerprint density at radius 2 is 1.25 bits per heavy atom.